The van der Waals surface area contributed by atoms with E-state index in [9.17, 15) is 5.26 Å². The van der Waals surface area contributed by atoms with E-state index in [1.807, 2.05) is 38.1 Å². The number of fused-ring (bicyclic) bond motifs is 1. The summed E-state index contributed by atoms with van der Waals surface area (Å²) in [4.78, 5) is 4.78. The first kappa shape index (κ1) is 23.4. The van der Waals surface area contributed by atoms with Crippen LogP contribution in [0.4, 0.5) is 0 Å². The second-order valence-electron chi connectivity index (χ2n) is 10.1. The van der Waals surface area contributed by atoms with Crippen LogP contribution in [0.1, 0.15) is 57.4 Å². The molecular formula is C24H31N3O2SSi. The van der Waals surface area contributed by atoms with Gasteiger partial charge in [0.2, 0.25) is 0 Å². The van der Waals surface area contributed by atoms with Gasteiger partial charge in [0.25, 0.3) is 0 Å². The Kier molecular flexibility index (Phi) is 6.29. The highest BCUT2D eigenvalue weighted by atomic mass is 32.1. The number of nitrogens with one attached hydrogen (secondary N) is 1. The number of aromatic nitrogens is 1. The number of thiocarbonyl (C=S) groups is 1. The Balaban J connectivity index is 2.09. The molecule has 0 saturated heterocycles. The molecule has 0 bridgehead atoms. The Hall–Kier alpha value is -2.27. The first-order valence-corrected chi connectivity index (χ1v) is 13.8. The maximum Gasteiger partial charge on any atom is 0.192 e. The number of pyridine rings is 1. The largest absolute Gasteiger partial charge is 0.485 e. The summed E-state index contributed by atoms with van der Waals surface area (Å²) >= 11 is 5.73. The average Bonchev–Trinajstić information content (AvgIpc) is 2.69. The highest BCUT2D eigenvalue weighted by molar-refractivity contribution is 7.80. The molecule has 5 nitrogen and oxygen atoms in total. The van der Waals surface area contributed by atoms with Crippen molar-refractivity contribution in [3.63, 3.8) is 0 Å². The Labute approximate surface area is 191 Å². The molecule has 1 aromatic heterocycles. The van der Waals surface area contributed by atoms with Crippen LogP contribution in [0.15, 0.2) is 42.7 Å². The van der Waals surface area contributed by atoms with Gasteiger partial charge in [-0.25, -0.2) is 0 Å². The maximum atomic E-state index is 9.48. The molecule has 0 unspecified atom stereocenters. The summed E-state index contributed by atoms with van der Waals surface area (Å²) in [5, 5.41) is 13.0. The highest BCUT2D eigenvalue weighted by Crippen LogP contribution is 2.46. The van der Waals surface area contributed by atoms with E-state index in [4.69, 9.17) is 21.4 Å². The molecule has 2 atom stereocenters. The predicted molar refractivity (Wildman–Crippen MR) is 130 cm³/mol. The zero-order chi connectivity index (χ0) is 23.0. The Bertz CT molecular complexity index is 1010. The van der Waals surface area contributed by atoms with Crippen LogP contribution in [-0.2, 0) is 4.43 Å². The van der Waals surface area contributed by atoms with Crippen LogP contribution in [0.3, 0.4) is 0 Å². The van der Waals surface area contributed by atoms with Crippen molar-refractivity contribution in [1.82, 2.24) is 10.3 Å². The van der Waals surface area contributed by atoms with Crippen molar-refractivity contribution in [2.24, 2.45) is 0 Å². The quantitative estimate of drug-likeness (QED) is 0.485. The molecule has 31 heavy (non-hydrogen) atoms. The SMILES string of the molecule is CC1(C)Oc2ccc(C#N)cc2[C@@H](NC(=S)c2cccnc2)[C@@H]1O[Si](C)(C)C(C)(C)C. The standard InChI is InChI=1S/C24H31N3O2SSi/c1-23(2,3)31(6,7)29-21-20(27-22(30)17-9-8-12-26-15-17)18-13-16(14-25)10-11-19(18)28-24(21,4)5/h8-13,15,20-21H,1-7H3,(H,27,30)/t20-,21+/m1/s1. The van der Waals surface area contributed by atoms with Crippen molar-refractivity contribution >= 4 is 25.5 Å². The zero-order valence-corrected chi connectivity index (χ0v) is 21.1. The highest BCUT2D eigenvalue weighted by Gasteiger charge is 2.50. The minimum absolute atomic E-state index is 0.0340. The van der Waals surface area contributed by atoms with Gasteiger partial charge in [-0.1, -0.05) is 33.0 Å². The fraction of sp³-hybridized carbons (Fsp3) is 0.458. The van der Waals surface area contributed by atoms with Crippen molar-refractivity contribution < 1.29 is 9.16 Å². The fourth-order valence-corrected chi connectivity index (χ4v) is 5.10. The predicted octanol–water partition coefficient (Wildman–Crippen LogP) is 5.52. The number of rotatable bonds is 4. The Morgan fingerprint density at radius 1 is 1.29 bits per heavy atom. The second kappa shape index (κ2) is 8.34. The molecule has 1 aliphatic rings. The van der Waals surface area contributed by atoms with Gasteiger partial charge in [-0.2, -0.15) is 5.26 Å². The van der Waals surface area contributed by atoms with E-state index in [-0.39, 0.29) is 17.2 Å². The number of nitrogens with zero attached hydrogens (tertiary/aromatic N) is 2. The van der Waals surface area contributed by atoms with Crippen LogP contribution < -0.4 is 10.1 Å². The van der Waals surface area contributed by atoms with Gasteiger partial charge in [-0.15, -0.1) is 0 Å². The monoisotopic (exact) mass is 453 g/mol. The molecular weight excluding hydrogens is 422 g/mol. The van der Waals surface area contributed by atoms with Crippen molar-refractivity contribution in [2.75, 3.05) is 0 Å². The lowest BCUT2D eigenvalue weighted by Gasteiger charge is -2.50. The first-order chi connectivity index (χ1) is 14.4. The maximum absolute atomic E-state index is 9.48. The van der Waals surface area contributed by atoms with Gasteiger partial charge >= 0.3 is 0 Å². The van der Waals surface area contributed by atoms with E-state index in [1.54, 1.807) is 18.5 Å². The molecule has 1 aliphatic heterocycles. The Morgan fingerprint density at radius 2 is 2.00 bits per heavy atom. The molecule has 2 heterocycles. The van der Waals surface area contributed by atoms with Crippen LogP contribution in [-0.4, -0.2) is 30.0 Å². The summed E-state index contributed by atoms with van der Waals surface area (Å²) in [6.45, 7) is 15.2. The number of ether oxygens (including phenoxy) is 1. The Morgan fingerprint density at radius 3 is 2.58 bits per heavy atom. The number of benzene rings is 1. The molecule has 0 fully saturated rings. The second-order valence-corrected chi connectivity index (χ2v) is 15.2. The van der Waals surface area contributed by atoms with E-state index in [0.717, 1.165) is 16.9 Å². The van der Waals surface area contributed by atoms with E-state index in [0.29, 0.717) is 10.6 Å². The van der Waals surface area contributed by atoms with Gasteiger partial charge in [0.05, 0.1) is 17.7 Å². The molecule has 0 aliphatic carbocycles. The van der Waals surface area contributed by atoms with Gasteiger partial charge in [0.1, 0.15) is 22.4 Å². The summed E-state index contributed by atoms with van der Waals surface area (Å²) in [7, 11) is -2.14. The van der Waals surface area contributed by atoms with Crippen LogP contribution >= 0.6 is 12.2 Å². The molecule has 0 spiro atoms. The van der Waals surface area contributed by atoms with E-state index >= 15 is 0 Å². The van der Waals surface area contributed by atoms with Crippen LogP contribution in [0.5, 0.6) is 5.75 Å². The van der Waals surface area contributed by atoms with E-state index in [1.165, 1.54) is 0 Å². The molecule has 0 radical (unpaired) electrons. The fourth-order valence-electron chi connectivity index (χ4n) is 3.44. The third kappa shape index (κ3) is 4.82. The van der Waals surface area contributed by atoms with Crippen molar-refractivity contribution in [3.8, 4) is 11.8 Å². The molecule has 2 aromatic rings. The van der Waals surface area contributed by atoms with Crippen molar-refractivity contribution in [3.05, 3.63) is 59.4 Å². The number of hydrogen-bond acceptors (Lipinski definition) is 5. The molecule has 7 heteroatoms. The van der Waals surface area contributed by atoms with Gasteiger partial charge in [-0.05, 0) is 62.3 Å². The van der Waals surface area contributed by atoms with Crippen LogP contribution in [0, 0.1) is 11.3 Å². The van der Waals surface area contributed by atoms with Gasteiger partial charge < -0.3 is 14.5 Å². The molecule has 0 amide bonds. The summed E-state index contributed by atoms with van der Waals surface area (Å²) in [6, 6.07) is 11.3. The third-order valence-electron chi connectivity index (χ3n) is 6.27. The van der Waals surface area contributed by atoms with Crippen LogP contribution in [0.2, 0.25) is 18.1 Å². The molecule has 0 saturated carbocycles. The summed E-state index contributed by atoms with van der Waals surface area (Å²) < 4.78 is 13.3. The van der Waals surface area contributed by atoms with E-state index in [2.05, 4.69) is 50.2 Å². The third-order valence-corrected chi connectivity index (χ3v) is 11.1. The minimum atomic E-state index is -2.14. The lowest BCUT2D eigenvalue weighted by molar-refractivity contribution is -0.0531. The smallest absolute Gasteiger partial charge is 0.192 e. The van der Waals surface area contributed by atoms with Gasteiger partial charge in [0.15, 0.2) is 8.32 Å². The molecule has 164 valence electrons. The molecule has 1 N–H and O–H groups in total. The van der Waals surface area contributed by atoms with E-state index < -0.39 is 13.9 Å². The molecule has 1 aromatic carbocycles. The minimum Gasteiger partial charge on any atom is -0.485 e. The normalized spacial score (nSPS) is 20.2. The van der Waals surface area contributed by atoms with Gasteiger partial charge in [-0.3, -0.25) is 4.98 Å². The van der Waals surface area contributed by atoms with Crippen molar-refractivity contribution in [2.45, 2.75) is 70.5 Å². The average molecular weight is 454 g/mol. The number of hydrogen-bond donors (Lipinski definition) is 1. The van der Waals surface area contributed by atoms with Gasteiger partial charge in [0, 0.05) is 23.5 Å². The summed E-state index contributed by atoms with van der Waals surface area (Å²) in [6.07, 6.45) is 3.17. The topological polar surface area (TPSA) is 67.2 Å². The summed E-state index contributed by atoms with van der Waals surface area (Å²) in [5.74, 6) is 0.741. The molecule has 3 rings (SSSR count). The lowest BCUT2D eigenvalue weighted by atomic mass is 9.86. The summed E-state index contributed by atoms with van der Waals surface area (Å²) in [5.41, 5.74) is 1.70. The number of nitriles is 1. The lowest BCUT2D eigenvalue weighted by Crippen LogP contribution is -2.59. The van der Waals surface area contributed by atoms with Crippen molar-refractivity contribution in [1.29, 1.82) is 5.26 Å². The van der Waals surface area contributed by atoms with Crippen LogP contribution in [0.25, 0.3) is 0 Å². The first-order valence-electron chi connectivity index (χ1n) is 10.5. The zero-order valence-electron chi connectivity index (χ0n) is 19.3.